The number of rotatable bonds is 2. The van der Waals surface area contributed by atoms with Crippen LogP contribution in [0.3, 0.4) is 0 Å². The SMILES string of the molecule is CC(C)(C)CC(C)(C)N1CCC2(CC1)NCC(=O)N2. The van der Waals surface area contributed by atoms with Crippen molar-refractivity contribution in [1.82, 2.24) is 15.5 Å². The van der Waals surface area contributed by atoms with Crippen molar-refractivity contribution in [2.75, 3.05) is 19.6 Å². The normalized spacial score (nSPS) is 24.8. The molecule has 4 heteroatoms. The van der Waals surface area contributed by atoms with Crippen molar-refractivity contribution in [3.8, 4) is 0 Å². The second kappa shape index (κ2) is 4.74. The van der Waals surface area contributed by atoms with Crippen molar-refractivity contribution in [2.24, 2.45) is 5.41 Å². The van der Waals surface area contributed by atoms with E-state index in [2.05, 4.69) is 50.2 Å². The number of hydrogen-bond acceptors (Lipinski definition) is 3. The van der Waals surface area contributed by atoms with Crippen molar-refractivity contribution in [1.29, 1.82) is 0 Å². The third-order valence-corrected chi connectivity index (χ3v) is 4.40. The highest BCUT2D eigenvalue weighted by Crippen LogP contribution is 2.34. The van der Waals surface area contributed by atoms with Crippen LogP contribution in [-0.2, 0) is 4.79 Å². The molecule has 2 fully saturated rings. The van der Waals surface area contributed by atoms with Crippen molar-refractivity contribution >= 4 is 5.91 Å². The Morgan fingerprint density at radius 3 is 2.16 bits per heavy atom. The van der Waals surface area contributed by atoms with Crippen LogP contribution in [-0.4, -0.2) is 41.6 Å². The van der Waals surface area contributed by atoms with Gasteiger partial charge >= 0.3 is 0 Å². The van der Waals surface area contributed by atoms with Gasteiger partial charge < -0.3 is 5.32 Å². The van der Waals surface area contributed by atoms with Crippen molar-refractivity contribution in [2.45, 2.75) is 65.1 Å². The predicted molar refractivity (Wildman–Crippen MR) is 77.8 cm³/mol. The summed E-state index contributed by atoms with van der Waals surface area (Å²) in [5, 5.41) is 6.47. The van der Waals surface area contributed by atoms with E-state index in [0.29, 0.717) is 12.0 Å². The summed E-state index contributed by atoms with van der Waals surface area (Å²) in [6.07, 6.45) is 3.20. The molecule has 0 unspecified atom stereocenters. The summed E-state index contributed by atoms with van der Waals surface area (Å²) < 4.78 is 0. The average molecular weight is 267 g/mol. The van der Waals surface area contributed by atoms with E-state index in [-0.39, 0.29) is 17.1 Å². The van der Waals surface area contributed by atoms with Gasteiger partial charge in [0.1, 0.15) is 0 Å². The molecule has 4 nitrogen and oxygen atoms in total. The standard InChI is InChI=1S/C15H29N3O/c1-13(2,3)11-14(4,5)18-8-6-15(7-9-18)16-10-12(19)17-15/h16H,6-11H2,1-5H3,(H,17,19). The molecule has 2 aliphatic heterocycles. The van der Waals surface area contributed by atoms with Crippen LogP contribution in [0.15, 0.2) is 0 Å². The Morgan fingerprint density at radius 1 is 1.16 bits per heavy atom. The molecule has 0 saturated carbocycles. The molecule has 0 aromatic rings. The molecule has 0 aromatic heterocycles. The first-order valence-corrected chi connectivity index (χ1v) is 7.43. The fourth-order valence-corrected chi connectivity index (χ4v) is 3.81. The summed E-state index contributed by atoms with van der Waals surface area (Å²) in [6, 6.07) is 0. The Balaban J connectivity index is 1.94. The van der Waals surface area contributed by atoms with Gasteiger partial charge in [-0.15, -0.1) is 0 Å². The number of amides is 1. The molecule has 110 valence electrons. The maximum atomic E-state index is 11.4. The quantitative estimate of drug-likeness (QED) is 0.800. The molecule has 2 rings (SSSR count). The Kier molecular flexibility index (Phi) is 3.69. The van der Waals surface area contributed by atoms with E-state index < -0.39 is 0 Å². The molecular formula is C15H29N3O. The first kappa shape index (κ1) is 14.8. The van der Waals surface area contributed by atoms with Gasteiger partial charge in [0.2, 0.25) is 5.91 Å². The third kappa shape index (κ3) is 3.48. The number of hydrogen-bond donors (Lipinski definition) is 2. The van der Waals surface area contributed by atoms with Gasteiger partial charge in [0.15, 0.2) is 0 Å². The Bertz CT molecular complexity index is 349. The van der Waals surface area contributed by atoms with Crippen LogP contribution in [0.2, 0.25) is 0 Å². The first-order chi connectivity index (χ1) is 8.62. The molecular weight excluding hydrogens is 238 g/mol. The molecule has 1 spiro atoms. The summed E-state index contributed by atoms with van der Waals surface area (Å²) in [5.41, 5.74) is 0.451. The zero-order valence-electron chi connectivity index (χ0n) is 13.1. The smallest absolute Gasteiger partial charge is 0.235 e. The maximum Gasteiger partial charge on any atom is 0.235 e. The molecule has 2 saturated heterocycles. The Labute approximate surface area is 117 Å². The van der Waals surface area contributed by atoms with E-state index in [4.69, 9.17) is 0 Å². The van der Waals surface area contributed by atoms with Crippen LogP contribution in [0, 0.1) is 5.41 Å². The van der Waals surface area contributed by atoms with E-state index in [9.17, 15) is 4.79 Å². The third-order valence-electron chi connectivity index (χ3n) is 4.40. The first-order valence-electron chi connectivity index (χ1n) is 7.43. The Morgan fingerprint density at radius 2 is 1.74 bits per heavy atom. The zero-order valence-corrected chi connectivity index (χ0v) is 13.1. The van der Waals surface area contributed by atoms with Crippen LogP contribution in [0.25, 0.3) is 0 Å². The highest BCUT2D eigenvalue weighted by Gasteiger charge is 2.43. The highest BCUT2D eigenvalue weighted by molar-refractivity contribution is 5.81. The van der Waals surface area contributed by atoms with Crippen LogP contribution in [0.5, 0.6) is 0 Å². The van der Waals surface area contributed by atoms with Crippen molar-refractivity contribution in [3.05, 3.63) is 0 Å². The lowest BCUT2D eigenvalue weighted by Crippen LogP contribution is -2.60. The number of nitrogens with zero attached hydrogens (tertiary/aromatic N) is 1. The van der Waals surface area contributed by atoms with E-state index in [1.54, 1.807) is 0 Å². The van der Waals surface area contributed by atoms with E-state index in [0.717, 1.165) is 25.9 Å². The van der Waals surface area contributed by atoms with Gasteiger partial charge in [-0.2, -0.15) is 0 Å². The molecule has 1 amide bonds. The number of nitrogens with one attached hydrogen (secondary N) is 2. The van der Waals surface area contributed by atoms with Gasteiger partial charge in [0, 0.05) is 18.6 Å². The summed E-state index contributed by atoms with van der Waals surface area (Å²) in [6.45, 7) is 14.2. The monoisotopic (exact) mass is 267 g/mol. The molecule has 19 heavy (non-hydrogen) atoms. The van der Waals surface area contributed by atoms with Gasteiger partial charge in [0.25, 0.3) is 0 Å². The minimum atomic E-state index is -0.120. The van der Waals surface area contributed by atoms with Crippen molar-refractivity contribution < 1.29 is 4.79 Å². The van der Waals surface area contributed by atoms with E-state index >= 15 is 0 Å². The van der Waals surface area contributed by atoms with Crippen molar-refractivity contribution in [3.63, 3.8) is 0 Å². The summed E-state index contributed by atoms with van der Waals surface area (Å²) in [4.78, 5) is 14.0. The number of likely N-dealkylation sites (tertiary alicyclic amines) is 1. The lowest BCUT2D eigenvalue weighted by atomic mass is 9.79. The highest BCUT2D eigenvalue weighted by atomic mass is 16.2. The van der Waals surface area contributed by atoms with E-state index in [1.807, 2.05) is 0 Å². The van der Waals surface area contributed by atoms with E-state index in [1.165, 1.54) is 6.42 Å². The van der Waals surface area contributed by atoms with Gasteiger partial charge in [-0.1, -0.05) is 20.8 Å². The zero-order chi connectivity index (χ0) is 14.3. The molecule has 0 aliphatic carbocycles. The lowest BCUT2D eigenvalue weighted by molar-refractivity contribution is -0.119. The number of carbonyl (C=O) groups excluding carboxylic acids is 1. The second-order valence-corrected chi connectivity index (χ2v) is 8.02. The molecule has 2 N–H and O–H groups in total. The Hall–Kier alpha value is -0.610. The predicted octanol–water partition coefficient (Wildman–Crippen LogP) is 1.71. The molecule has 0 aromatic carbocycles. The summed E-state index contributed by atoms with van der Waals surface area (Å²) >= 11 is 0. The second-order valence-electron chi connectivity index (χ2n) is 8.02. The number of carbonyl (C=O) groups is 1. The summed E-state index contributed by atoms with van der Waals surface area (Å²) in [5.74, 6) is 0.141. The van der Waals surface area contributed by atoms with Crippen LogP contribution >= 0.6 is 0 Å². The van der Waals surface area contributed by atoms with Gasteiger partial charge in [-0.3, -0.25) is 15.0 Å². The topological polar surface area (TPSA) is 44.4 Å². The molecule has 0 radical (unpaired) electrons. The van der Waals surface area contributed by atoms with Crippen LogP contribution in [0.1, 0.15) is 53.9 Å². The number of piperidine rings is 1. The molecule has 2 aliphatic rings. The van der Waals surface area contributed by atoms with Gasteiger partial charge in [-0.05, 0) is 38.5 Å². The molecule has 0 bridgehead atoms. The molecule has 2 heterocycles. The average Bonchev–Trinajstić information content (AvgIpc) is 2.57. The van der Waals surface area contributed by atoms with Gasteiger partial charge in [0.05, 0.1) is 12.2 Å². The molecule has 0 atom stereocenters. The van der Waals surface area contributed by atoms with Crippen LogP contribution in [0.4, 0.5) is 0 Å². The fourth-order valence-electron chi connectivity index (χ4n) is 3.81. The van der Waals surface area contributed by atoms with Gasteiger partial charge in [-0.25, -0.2) is 0 Å². The van der Waals surface area contributed by atoms with Crippen LogP contribution < -0.4 is 10.6 Å². The minimum absolute atomic E-state index is 0.120. The fraction of sp³-hybridized carbons (Fsp3) is 0.933. The minimum Gasteiger partial charge on any atom is -0.337 e. The largest absolute Gasteiger partial charge is 0.337 e. The summed E-state index contributed by atoms with van der Waals surface area (Å²) in [7, 11) is 0. The maximum absolute atomic E-state index is 11.4. The lowest BCUT2D eigenvalue weighted by Gasteiger charge is -2.48.